The average Bonchev–Trinajstić information content (AvgIpc) is 3.07. The zero-order chi connectivity index (χ0) is 15.5. The minimum absolute atomic E-state index is 0.176. The fraction of sp³-hybridized carbons (Fsp3) is 0.231. The van der Waals surface area contributed by atoms with E-state index in [1.54, 1.807) is 24.5 Å². The second-order valence-corrected chi connectivity index (χ2v) is 5.54. The Hall–Kier alpha value is -2.55. The highest BCUT2D eigenvalue weighted by Gasteiger charge is 2.29. The van der Waals surface area contributed by atoms with E-state index in [4.69, 9.17) is 0 Å². The molecule has 114 valence electrons. The van der Waals surface area contributed by atoms with E-state index in [9.17, 15) is 14.4 Å². The van der Waals surface area contributed by atoms with Gasteiger partial charge in [0.2, 0.25) is 5.91 Å². The number of imide groups is 1. The Morgan fingerprint density at radius 3 is 3.05 bits per heavy atom. The van der Waals surface area contributed by atoms with Gasteiger partial charge in [-0.2, -0.15) is 0 Å². The van der Waals surface area contributed by atoms with Crippen LogP contribution in [0.2, 0.25) is 0 Å². The molecule has 0 bridgehead atoms. The molecule has 0 atom stereocenters. The van der Waals surface area contributed by atoms with Gasteiger partial charge in [-0.3, -0.25) is 14.5 Å². The standard InChI is InChI=1S/C13H13N5O3S/c19-11-6-22-13(21)18(11)4-3-14-12(20)17-8-1-2-9-10(5-8)16-7-15-9/h1-2,5,7H,3-4,6H2,(H,15,16)(H2,14,17,20). The number of hydrogen-bond acceptors (Lipinski definition) is 5. The number of H-pyrrole nitrogens is 1. The molecule has 3 N–H and O–H groups in total. The van der Waals surface area contributed by atoms with Crippen molar-refractivity contribution in [2.75, 3.05) is 24.2 Å². The van der Waals surface area contributed by atoms with Crippen molar-refractivity contribution in [3.05, 3.63) is 24.5 Å². The maximum Gasteiger partial charge on any atom is 0.319 e. The van der Waals surface area contributed by atoms with E-state index in [0.29, 0.717) is 5.69 Å². The van der Waals surface area contributed by atoms with Gasteiger partial charge in [0, 0.05) is 18.8 Å². The van der Waals surface area contributed by atoms with E-state index in [0.717, 1.165) is 27.7 Å². The first-order chi connectivity index (χ1) is 10.6. The number of nitrogens with one attached hydrogen (secondary N) is 3. The van der Waals surface area contributed by atoms with Gasteiger partial charge in [-0.05, 0) is 18.2 Å². The third kappa shape index (κ3) is 3.03. The lowest BCUT2D eigenvalue weighted by Crippen LogP contribution is -2.39. The number of urea groups is 1. The quantitative estimate of drug-likeness (QED) is 0.789. The molecule has 3 rings (SSSR count). The third-order valence-electron chi connectivity index (χ3n) is 3.14. The molecule has 0 aliphatic carbocycles. The summed E-state index contributed by atoms with van der Waals surface area (Å²) >= 11 is 0.977. The van der Waals surface area contributed by atoms with Crippen LogP contribution < -0.4 is 10.6 Å². The molecular weight excluding hydrogens is 306 g/mol. The number of fused-ring (bicyclic) bond motifs is 1. The third-order valence-corrected chi connectivity index (χ3v) is 4.00. The van der Waals surface area contributed by atoms with Gasteiger partial charge in [-0.1, -0.05) is 11.8 Å². The molecule has 8 nitrogen and oxygen atoms in total. The van der Waals surface area contributed by atoms with Crippen LogP contribution in [0, 0.1) is 0 Å². The number of hydrogen-bond donors (Lipinski definition) is 3. The molecule has 0 spiro atoms. The molecule has 22 heavy (non-hydrogen) atoms. The number of carbonyl (C=O) groups is 3. The Balaban J connectivity index is 1.50. The molecule has 1 aliphatic rings. The molecular formula is C13H13N5O3S. The van der Waals surface area contributed by atoms with Crippen LogP contribution >= 0.6 is 11.8 Å². The summed E-state index contributed by atoms with van der Waals surface area (Å²) in [5.74, 6) is -0.0446. The van der Waals surface area contributed by atoms with Crippen LogP contribution in [0.4, 0.5) is 15.3 Å². The van der Waals surface area contributed by atoms with Crippen molar-refractivity contribution >= 4 is 45.7 Å². The fourth-order valence-corrected chi connectivity index (χ4v) is 2.82. The first-order valence-corrected chi connectivity index (χ1v) is 7.57. The molecule has 0 saturated carbocycles. The first kappa shape index (κ1) is 14.4. The van der Waals surface area contributed by atoms with Crippen LogP contribution in [0.25, 0.3) is 11.0 Å². The molecule has 0 radical (unpaired) electrons. The Kier molecular flexibility index (Phi) is 3.96. The van der Waals surface area contributed by atoms with Crippen LogP contribution in [-0.4, -0.2) is 50.9 Å². The van der Waals surface area contributed by atoms with E-state index in [2.05, 4.69) is 20.6 Å². The minimum atomic E-state index is -0.398. The number of aromatic amines is 1. The predicted molar refractivity (Wildman–Crippen MR) is 82.7 cm³/mol. The highest BCUT2D eigenvalue weighted by atomic mass is 32.2. The number of amides is 4. The number of anilines is 1. The summed E-state index contributed by atoms with van der Waals surface area (Å²) in [7, 11) is 0. The van der Waals surface area contributed by atoms with Gasteiger partial charge in [0.25, 0.3) is 5.24 Å². The molecule has 9 heteroatoms. The molecule has 1 saturated heterocycles. The Morgan fingerprint density at radius 1 is 1.41 bits per heavy atom. The van der Waals surface area contributed by atoms with Gasteiger partial charge in [0.1, 0.15) is 0 Å². The molecule has 1 aromatic carbocycles. The summed E-state index contributed by atoms with van der Waals surface area (Å²) in [5, 5.41) is 5.02. The summed E-state index contributed by atoms with van der Waals surface area (Å²) in [6.45, 7) is 0.383. The summed E-state index contributed by atoms with van der Waals surface area (Å²) in [6.07, 6.45) is 1.58. The van der Waals surface area contributed by atoms with Crippen molar-refractivity contribution in [3.8, 4) is 0 Å². The molecule has 2 heterocycles. The summed E-state index contributed by atoms with van der Waals surface area (Å²) in [6, 6.07) is 4.91. The lowest BCUT2D eigenvalue weighted by atomic mass is 10.3. The van der Waals surface area contributed by atoms with Crippen LogP contribution in [0.1, 0.15) is 0 Å². The van der Waals surface area contributed by atoms with Gasteiger partial charge in [-0.25, -0.2) is 9.78 Å². The van der Waals surface area contributed by atoms with Gasteiger partial charge >= 0.3 is 6.03 Å². The van der Waals surface area contributed by atoms with Crippen molar-refractivity contribution in [1.29, 1.82) is 0 Å². The van der Waals surface area contributed by atoms with E-state index >= 15 is 0 Å². The number of thioether (sulfide) groups is 1. The lowest BCUT2D eigenvalue weighted by molar-refractivity contribution is -0.124. The highest BCUT2D eigenvalue weighted by molar-refractivity contribution is 8.14. The molecule has 0 unspecified atom stereocenters. The van der Waals surface area contributed by atoms with Crippen molar-refractivity contribution in [2.45, 2.75) is 0 Å². The maximum absolute atomic E-state index is 11.8. The van der Waals surface area contributed by atoms with Crippen LogP contribution in [0.5, 0.6) is 0 Å². The number of nitrogens with zero attached hydrogens (tertiary/aromatic N) is 2. The second kappa shape index (κ2) is 6.06. The number of aromatic nitrogens is 2. The zero-order valence-corrected chi connectivity index (χ0v) is 12.3. The maximum atomic E-state index is 11.8. The Bertz CT molecular complexity index is 728. The Labute approximate surface area is 129 Å². The van der Waals surface area contributed by atoms with Crippen molar-refractivity contribution in [3.63, 3.8) is 0 Å². The number of benzene rings is 1. The van der Waals surface area contributed by atoms with Crippen molar-refractivity contribution < 1.29 is 14.4 Å². The Morgan fingerprint density at radius 2 is 2.27 bits per heavy atom. The van der Waals surface area contributed by atoms with Gasteiger partial charge in [-0.15, -0.1) is 0 Å². The largest absolute Gasteiger partial charge is 0.345 e. The lowest BCUT2D eigenvalue weighted by Gasteiger charge is -2.13. The van der Waals surface area contributed by atoms with Gasteiger partial charge in [0.05, 0.1) is 23.1 Å². The molecule has 1 aliphatic heterocycles. The van der Waals surface area contributed by atoms with Gasteiger partial charge in [0.15, 0.2) is 0 Å². The summed E-state index contributed by atoms with van der Waals surface area (Å²) in [4.78, 5) is 42.7. The van der Waals surface area contributed by atoms with Crippen molar-refractivity contribution in [2.24, 2.45) is 0 Å². The molecule has 1 fully saturated rings. The SMILES string of the molecule is O=C(NCCN1C(=O)CSC1=O)Nc1ccc2nc[nH]c2c1. The van der Waals surface area contributed by atoms with Gasteiger partial charge < -0.3 is 15.6 Å². The fourth-order valence-electron chi connectivity index (χ4n) is 2.07. The predicted octanol–water partition coefficient (Wildman–Crippen LogP) is 1.38. The molecule has 2 aromatic rings. The van der Waals surface area contributed by atoms with E-state index in [1.807, 2.05) is 0 Å². The zero-order valence-electron chi connectivity index (χ0n) is 11.5. The number of imidazole rings is 1. The number of carbonyl (C=O) groups excluding carboxylic acids is 3. The first-order valence-electron chi connectivity index (χ1n) is 6.58. The summed E-state index contributed by atoms with van der Waals surface area (Å²) < 4.78 is 0. The topological polar surface area (TPSA) is 107 Å². The summed E-state index contributed by atoms with van der Waals surface area (Å²) in [5.41, 5.74) is 2.26. The number of rotatable bonds is 4. The molecule has 1 aromatic heterocycles. The second-order valence-electron chi connectivity index (χ2n) is 4.62. The normalized spacial score (nSPS) is 14.6. The van der Waals surface area contributed by atoms with Crippen molar-refractivity contribution in [1.82, 2.24) is 20.2 Å². The van der Waals surface area contributed by atoms with Crippen LogP contribution in [0.15, 0.2) is 24.5 Å². The van der Waals surface area contributed by atoms with Crippen LogP contribution in [0.3, 0.4) is 0 Å². The highest BCUT2D eigenvalue weighted by Crippen LogP contribution is 2.18. The van der Waals surface area contributed by atoms with E-state index in [1.165, 1.54) is 0 Å². The van der Waals surface area contributed by atoms with E-state index in [-0.39, 0.29) is 30.0 Å². The monoisotopic (exact) mass is 319 g/mol. The van der Waals surface area contributed by atoms with E-state index < -0.39 is 6.03 Å². The van der Waals surface area contributed by atoms with Crippen LogP contribution in [-0.2, 0) is 4.79 Å². The smallest absolute Gasteiger partial charge is 0.319 e. The average molecular weight is 319 g/mol. The molecule has 4 amide bonds. The minimum Gasteiger partial charge on any atom is -0.345 e.